The van der Waals surface area contributed by atoms with Crippen LogP contribution in [0, 0.1) is 0 Å². The first-order valence-corrected chi connectivity index (χ1v) is 14.9. The molecule has 0 fully saturated rings. The largest absolute Gasteiger partial charge is 0.135 e. The van der Waals surface area contributed by atoms with Crippen molar-refractivity contribution in [3.63, 3.8) is 0 Å². The van der Waals surface area contributed by atoms with Crippen molar-refractivity contribution < 1.29 is 0 Å². The molecule has 1 heteroatoms. The molecule has 0 bridgehead atoms. The van der Waals surface area contributed by atoms with Gasteiger partial charge in [-0.2, -0.15) is 0 Å². The van der Waals surface area contributed by atoms with E-state index in [1.165, 1.54) is 85.5 Å². The predicted molar refractivity (Wildman–Crippen MR) is 180 cm³/mol. The van der Waals surface area contributed by atoms with E-state index in [1.807, 2.05) is 11.3 Å². The smallest absolute Gasteiger partial charge is 0.0361 e. The van der Waals surface area contributed by atoms with Crippen LogP contribution in [0.15, 0.2) is 146 Å². The van der Waals surface area contributed by atoms with Crippen LogP contribution in [0.3, 0.4) is 0 Å². The third kappa shape index (κ3) is 3.46. The first kappa shape index (κ1) is 22.8. The quantitative estimate of drug-likeness (QED) is 0.193. The molecule has 1 heterocycles. The van der Waals surface area contributed by atoms with Crippen LogP contribution in [0.25, 0.3) is 85.5 Å². The van der Waals surface area contributed by atoms with Gasteiger partial charge in [-0.3, -0.25) is 0 Å². The molecule has 0 saturated carbocycles. The summed E-state index contributed by atoms with van der Waals surface area (Å²) in [5, 5.41) is 13.2. The van der Waals surface area contributed by atoms with Gasteiger partial charge >= 0.3 is 0 Å². The summed E-state index contributed by atoms with van der Waals surface area (Å²) in [5.74, 6) is 0. The van der Waals surface area contributed by atoms with E-state index >= 15 is 0 Å². The van der Waals surface area contributed by atoms with E-state index in [9.17, 15) is 0 Å². The van der Waals surface area contributed by atoms with Crippen LogP contribution in [-0.2, 0) is 0 Å². The molecular formula is C40H24S. The molecule has 41 heavy (non-hydrogen) atoms. The van der Waals surface area contributed by atoms with Crippen molar-refractivity contribution in [3.05, 3.63) is 146 Å². The number of fused-ring (bicyclic) bond motifs is 11. The lowest BCUT2D eigenvalue weighted by molar-refractivity contribution is 1.62. The molecule has 8 aromatic carbocycles. The standard InChI is InChI=1S/C40H24S/c1-2-11-30-25(8-1)17-21-39-40(30)37-24-29(18-20-38(37)41-39)27-10-7-9-26(22-27)28-16-19-35-33-14-4-3-12-31(33)32-13-5-6-15-34(32)36(35)23-28/h1-24H. The third-order valence-corrected chi connectivity index (χ3v) is 9.77. The van der Waals surface area contributed by atoms with Crippen molar-refractivity contribution in [3.8, 4) is 22.3 Å². The number of benzene rings is 8. The highest BCUT2D eigenvalue weighted by molar-refractivity contribution is 7.26. The maximum Gasteiger partial charge on any atom is 0.0361 e. The summed E-state index contributed by atoms with van der Waals surface area (Å²) in [4.78, 5) is 0. The fraction of sp³-hybridized carbons (Fsp3) is 0. The summed E-state index contributed by atoms with van der Waals surface area (Å²) in [7, 11) is 0. The van der Waals surface area contributed by atoms with E-state index < -0.39 is 0 Å². The minimum atomic E-state index is 1.24. The highest BCUT2D eigenvalue weighted by Gasteiger charge is 2.12. The summed E-state index contributed by atoms with van der Waals surface area (Å²) < 4.78 is 2.69. The lowest BCUT2D eigenvalue weighted by Crippen LogP contribution is -1.85. The predicted octanol–water partition coefficient (Wildman–Crippen LogP) is 12.0. The van der Waals surface area contributed by atoms with Gasteiger partial charge in [0.15, 0.2) is 0 Å². The molecule has 0 atom stereocenters. The average Bonchev–Trinajstić information content (AvgIpc) is 3.43. The van der Waals surface area contributed by atoms with E-state index in [2.05, 4.69) is 146 Å². The van der Waals surface area contributed by atoms with Gasteiger partial charge in [-0.15, -0.1) is 11.3 Å². The van der Waals surface area contributed by atoms with E-state index in [4.69, 9.17) is 0 Å². The summed E-state index contributed by atoms with van der Waals surface area (Å²) >= 11 is 1.88. The Morgan fingerprint density at radius 1 is 0.293 bits per heavy atom. The fourth-order valence-corrected chi connectivity index (χ4v) is 7.79. The van der Waals surface area contributed by atoms with Crippen molar-refractivity contribution in [2.45, 2.75) is 0 Å². The topological polar surface area (TPSA) is 0 Å². The molecule has 0 unspecified atom stereocenters. The summed E-state index contributed by atoms with van der Waals surface area (Å²) in [6.45, 7) is 0. The van der Waals surface area contributed by atoms with Crippen LogP contribution >= 0.6 is 11.3 Å². The van der Waals surface area contributed by atoms with E-state index in [-0.39, 0.29) is 0 Å². The lowest BCUT2D eigenvalue weighted by Gasteiger charge is -2.12. The minimum absolute atomic E-state index is 1.24. The first-order chi connectivity index (χ1) is 20.3. The van der Waals surface area contributed by atoms with Crippen LogP contribution in [0.2, 0.25) is 0 Å². The van der Waals surface area contributed by atoms with Crippen LogP contribution in [0.1, 0.15) is 0 Å². The van der Waals surface area contributed by atoms with E-state index in [0.717, 1.165) is 0 Å². The molecule has 0 spiro atoms. The summed E-state index contributed by atoms with van der Waals surface area (Å²) in [6, 6.07) is 53.8. The second-order valence-electron chi connectivity index (χ2n) is 10.9. The number of thiophene rings is 1. The molecule has 9 rings (SSSR count). The molecule has 0 radical (unpaired) electrons. The van der Waals surface area contributed by atoms with Crippen LogP contribution < -0.4 is 0 Å². The summed E-state index contributed by atoms with van der Waals surface area (Å²) in [5.41, 5.74) is 4.98. The zero-order valence-corrected chi connectivity index (χ0v) is 23.1. The van der Waals surface area contributed by atoms with Crippen molar-refractivity contribution >= 4 is 74.6 Å². The Morgan fingerprint density at radius 3 is 1.51 bits per heavy atom. The molecular weight excluding hydrogens is 513 g/mol. The van der Waals surface area contributed by atoms with Gasteiger partial charge in [0, 0.05) is 20.2 Å². The zero-order valence-electron chi connectivity index (χ0n) is 22.3. The number of hydrogen-bond acceptors (Lipinski definition) is 1. The van der Waals surface area contributed by atoms with E-state index in [1.54, 1.807) is 0 Å². The molecule has 9 aromatic rings. The van der Waals surface area contributed by atoms with Crippen molar-refractivity contribution in [2.24, 2.45) is 0 Å². The van der Waals surface area contributed by atoms with Crippen LogP contribution in [0.4, 0.5) is 0 Å². The van der Waals surface area contributed by atoms with Gasteiger partial charge in [0.1, 0.15) is 0 Å². The molecule has 0 aliphatic carbocycles. The molecule has 0 saturated heterocycles. The van der Waals surface area contributed by atoms with Gasteiger partial charge in [-0.1, -0.05) is 115 Å². The lowest BCUT2D eigenvalue weighted by atomic mass is 9.91. The van der Waals surface area contributed by atoms with Crippen molar-refractivity contribution in [1.82, 2.24) is 0 Å². The second-order valence-corrected chi connectivity index (χ2v) is 12.0. The average molecular weight is 537 g/mol. The Labute approximate surface area is 241 Å². The van der Waals surface area contributed by atoms with Gasteiger partial charge in [-0.25, -0.2) is 0 Å². The van der Waals surface area contributed by atoms with Crippen molar-refractivity contribution in [1.29, 1.82) is 0 Å². The number of hydrogen-bond donors (Lipinski definition) is 0. The minimum Gasteiger partial charge on any atom is -0.135 e. The Balaban J connectivity index is 1.22. The maximum atomic E-state index is 2.39. The Kier molecular flexibility index (Phi) is 4.87. The molecule has 0 amide bonds. The Hall–Kier alpha value is -4.98. The monoisotopic (exact) mass is 536 g/mol. The van der Waals surface area contributed by atoms with Gasteiger partial charge in [0.25, 0.3) is 0 Å². The molecule has 0 N–H and O–H groups in total. The number of rotatable bonds is 2. The third-order valence-electron chi connectivity index (χ3n) is 8.63. The molecule has 190 valence electrons. The van der Waals surface area contributed by atoms with Crippen LogP contribution in [0.5, 0.6) is 0 Å². The van der Waals surface area contributed by atoms with Gasteiger partial charge < -0.3 is 0 Å². The van der Waals surface area contributed by atoms with Gasteiger partial charge in [0.2, 0.25) is 0 Å². The molecule has 0 aliphatic rings. The molecule has 1 aromatic heterocycles. The van der Waals surface area contributed by atoms with E-state index in [0.29, 0.717) is 0 Å². The van der Waals surface area contributed by atoms with Crippen LogP contribution in [-0.4, -0.2) is 0 Å². The summed E-state index contributed by atoms with van der Waals surface area (Å²) in [6.07, 6.45) is 0. The Morgan fingerprint density at radius 2 is 0.805 bits per heavy atom. The van der Waals surface area contributed by atoms with Gasteiger partial charge in [-0.05, 0) is 95.7 Å². The highest BCUT2D eigenvalue weighted by atomic mass is 32.1. The van der Waals surface area contributed by atoms with Gasteiger partial charge in [0.05, 0.1) is 0 Å². The van der Waals surface area contributed by atoms with Crippen molar-refractivity contribution in [2.75, 3.05) is 0 Å². The molecule has 0 nitrogen and oxygen atoms in total. The fourth-order valence-electron chi connectivity index (χ4n) is 6.69. The maximum absolute atomic E-state index is 2.39. The first-order valence-electron chi connectivity index (χ1n) is 14.1. The normalized spacial score (nSPS) is 11.9. The SMILES string of the molecule is c1cc(-c2ccc3c4ccccc4c4ccccc4c3c2)cc(-c2ccc3sc4ccc5ccccc5c4c3c2)c1. The molecule has 0 aliphatic heterocycles. The highest BCUT2D eigenvalue weighted by Crippen LogP contribution is 2.41. The second kappa shape index (κ2) is 8.76. The zero-order chi connectivity index (χ0) is 26.9. The Bertz CT molecular complexity index is 2440.